The summed E-state index contributed by atoms with van der Waals surface area (Å²) in [6.07, 6.45) is 1.65. The van der Waals surface area contributed by atoms with E-state index in [0.29, 0.717) is 6.10 Å². The first-order valence-electron chi connectivity index (χ1n) is 4.11. The van der Waals surface area contributed by atoms with Crippen molar-refractivity contribution in [3.05, 3.63) is 0 Å². The molecule has 1 atom stereocenters. The minimum atomic E-state index is 0.466. The van der Waals surface area contributed by atoms with Crippen LogP contribution >= 0.6 is 0 Å². The second-order valence-electron chi connectivity index (χ2n) is 3.33. The number of morpholine rings is 1. The average Bonchev–Trinajstić information content (AvgIpc) is 1.88. The van der Waals surface area contributed by atoms with E-state index in [9.17, 15) is 0 Å². The van der Waals surface area contributed by atoms with Crippen molar-refractivity contribution >= 4 is 0 Å². The lowest BCUT2D eigenvalue weighted by atomic mass is 10.1. The normalized spacial score (nSPS) is 27.3. The van der Waals surface area contributed by atoms with E-state index in [1.54, 1.807) is 0 Å². The fourth-order valence-electron chi connectivity index (χ4n) is 1.30. The Morgan fingerprint density at radius 2 is 2.40 bits per heavy atom. The second-order valence-corrected chi connectivity index (χ2v) is 3.33. The minimum absolute atomic E-state index is 0.466. The van der Waals surface area contributed by atoms with Gasteiger partial charge in [-0.3, -0.25) is 0 Å². The van der Waals surface area contributed by atoms with Gasteiger partial charge >= 0.3 is 0 Å². The highest BCUT2D eigenvalue weighted by Gasteiger charge is 2.13. The Morgan fingerprint density at radius 3 is 2.90 bits per heavy atom. The molecule has 1 rings (SSSR count). The zero-order valence-corrected chi connectivity index (χ0v) is 6.89. The van der Waals surface area contributed by atoms with Gasteiger partial charge in [-0.05, 0) is 12.3 Å². The predicted octanol–water partition coefficient (Wildman–Crippen LogP) is 1.02. The van der Waals surface area contributed by atoms with Gasteiger partial charge in [-0.15, -0.1) is 0 Å². The zero-order chi connectivity index (χ0) is 7.40. The molecule has 0 amide bonds. The molecule has 1 saturated heterocycles. The van der Waals surface area contributed by atoms with Crippen molar-refractivity contribution in [1.29, 1.82) is 0 Å². The molecule has 1 heterocycles. The van der Waals surface area contributed by atoms with Crippen molar-refractivity contribution in [3.8, 4) is 0 Å². The Balaban J connectivity index is 2.13. The van der Waals surface area contributed by atoms with Crippen LogP contribution in [0.15, 0.2) is 0 Å². The summed E-state index contributed by atoms with van der Waals surface area (Å²) in [6, 6.07) is 0. The van der Waals surface area contributed by atoms with Crippen molar-refractivity contribution in [2.24, 2.45) is 5.92 Å². The third-order valence-electron chi connectivity index (χ3n) is 1.74. The van der Waals surface area contributed by atoms with Gasteiger partial charge < -0.3 is 10.1 Å². The van der Waals surface area contributed by atoms with Gasteiger partial charge in [-0.2, -0.15) is 0 Å². The highest BCUT2D eigenvalue weighted by atomic mass is 16.5. The van der Waals surface area contributed by atoms with Crippen LogP contribution in [0.1, 0.15) is 20.3 Å². The first kappa shape index (κ1) is 8.02. The summed E-state index contributed by atoms with van der Waals surface area (Å²) in [5.74, 6) is 0.755. The van der Waals surface area contributed by atoms with Crippen molar-refractivity contribution in [1.82, 2.24) is 5.32 Å². The molecule has 0 aromatic carbocycles. The van der Waals surface area contributed by atoms with E-state index in [1.165, 1.54) is 6.42 Å². The van der Waals surface area contributed by atoms with Crippen molar-refractivity contribution in [2.45, 2.75) is 26.4 Å². The van der Waals surface area contributed by atoms with E-state index in [0.717, 1.165) is 25.6 Å². The predicted molar refractivity (Wildman–Crippen MR) is 42.1 cm³/mol. The SMILES string of the molecule is CC(C)C[C@H]1CNCCO1. The molecule has 10 heavy (non-hydrogen) atoms. The molecule has 1 fully saturated rings. The summed E-state index contributed by atoms with van der Waals surface area (Å²) in [5, 5.41) is 3.32. The number of nitrogens with one attached hydrogen (secondary N) is 1. The zero-order valence-electron chi connectivity index (χ0n) is 6.89. The quantitative estimate of drug-likeness (QED) is 0.623. The highest BCUT2D eigenvalue weighted by Crippen LogP contribution is 2.08. The summed E-state index contributed by atoms with van der Waals surface area (Å²) in [6.45, 7) is 7.42. The first-order valence-corrected chi connectivity index (χ1v) is 4.11. The van der Waals surface area contributed by atoms with E-state index in [-0.39, 0.29) is 0 Å². The molecular formula is C8H17NO. The molecule has 2 nitrogen and oxygen atoms in total. The summed E-state index contributed by atoms with van der Waals surface area (Å²) in [4.78, 5) is 0. The van der Waals surface area contributed by atoms with Crippen LogP contribution in [0.25, 0.3) is 0 Å². The number of rotatable bonds is 2. The van der Waals surface area contributed by atoms with E-state index in [1.807, 2.05) is 0 Å². The van der Waals surface area contributed by atoms with Crippen molar-refractivity contribution in [3.63, 3.8) is 0 Å². The number of hydrogen-bond donors (Lipinski definition) is 1. The molecule has 0 aliphatic carbocycles. The van der Waals surface area contributed by atoms with Crippen LogP contribution in [0.2, 0.25) is 0 Å². The molecule has 0 aromatic rings. The van der Waals surface area contributed by atoms with Crippen LogP contribution in [0.5, 0.6) is 0 Å². The third kappa shape index (κ3) is 2.67. The van der Waals surface area contributed by atoms with Gasteiger partial charge in [0.05, 0.1) is 12.7 Å². The summed E-state index contributed by atoms with van der Waals surface area (Å²) >= 11 is 0. The summed E-state index contributed by atoms with van der Waals surface area (Å²) < 4.78 is 5.53. The highest BCUT2D eigenvalue weighted by molar-refractivity contribution is 4.67. The van der Waals surface area contributed by atoms with Crippen LogP contribution in [0.3, 0.4) is 0 Å². The molecule has 0 spiro atoms. The summed E-state index contributed by atoms with van der Waals surface area (Å²) in [5.41, 5.74) is 0. The van der Waals surface area contributed by atoms with Gasteiger partial charge in [0.25, 0.3) is 0 Å². The molecule has 0 aromatic heterocycles. The lowest BCUT2D eigenvalue weighted by Crippen LogP contribution is -2.39. The van der Waals surface area contributed by atoms with Gasteiger partial charge in [0.1, 0.15) is 0 Å². The molecular weight excluding hydrogens is 126 g/mol. The largest absolute Gasteiger partial charge is 0.376 e. The minimum Gasteiger partial charge on any atom is -0.376 e. The van der Waals surface area contributed by atoms with Crippen LogP contribution in [0.4, 0.5) is 0 Å². The molecule has 0 saturated carbocycles. The first-order chi connectivity index (χ1) is 4.79. The van der Waals surface area contributed by atoms with Gasteiger partial charge in [0, 0.05) is 13.1 Å². The van der Waals surface area contributed by atoms with E-state index in [2.05, 4.69) is 19.2 Å². The van der Waals surface area contributed by atoms with E-state index >= 15 is 0 Å². The molecule has 0 bridgehead atoms. The van der Waals surface area contributed by atoms with E-state index in [4.69, 9.17) is 4.74 Å². The molecule has 0 unspecified atom stereocenters. The number of ether oxygens (including phenoxy) is 1. The molecule has 1 aliphatic heterocycles. The third-order valence-corrected chi connectivity index (χ3v) is 1.74. The van der Waals surface area contributed by atoms with Gasteiger partial charge in [0.2, 0.25) is 0 Å². The van der Waals surface area contributed by atoms with Gasteiger partial charge in [0.15, 0.2) is 0 Å². The van der Waals surface area contributed by atoms with Crippen LogP contribution < -0.4 is 5.32 Å². The lowest BCUT2D eigenvalue weighted by Gasteiger charge is -2.24. The molecule has 1 N–H and O–H groups in total. The molecule has 0 radical (unpaired) electrons. The average molecular weight is 143 g/mol. The fraction of sp³-hybridized carbons (Fsp3) is 1.00. The maximum atomic E-state index is 5.53. The van der Waals surface area contributed by atoms with Crippen LogP contribution in [-0.2, 0) is 4.74 Å². The standard InChI is InChI=1S/C8H17NO/c1-7(2)5-8-6-9-3-4-10-8/h7-9H,3-6H2,1-2H3/t8-/m0/s1. The van der Waals surface area contributed by atoms with Crippen LogP contribution in [0, 0.1) is 5.92 Å². The monoisotopic (exact) mass is 143 g/mol. The molecule has 1 aliphatic rings. The number of hydrogen-bond acceptors (Lipinski definition) is 2. The maximum absolute atomic E-state index is 5.53. The van der Waals surface area contributed by atoms with Crippen LogP contribution in [-0.4, -0.2) is 25.8 Å². The Kier molecular flexibility index (Phi) is 3.16. The van der Waals surface area contributed by atoms with E-state index < -0.39 is 0 Å². The Hall–Kier alpha value is -0.0800. The van der Waals surface area contributed by atoms with Gasteiger partial charge in [-0.25, -0.2) is 0 Å². The van der Waals surface area contributed by atoms with Crippen molar-refractivity contribution in [2.75, 3.05) is 19.7 Å². The second kappa shape index (κ2) is 3.94. The molecule has 60 valence electrons. The topological polar surface area (TPSA) is 21.3 Å². The maximum Gasteiger partial charge on any atom is 0.0702 e. The smallest absolute Gasteiger partial charge is 0.0702 e. The lowest BCUT2D eigenvalue weighted by molar-refractivity contribution is 0.0163. The summed E-state index contributed by atoms with van der Waals surface area (Å²) in [7, 11) is 0. The fourth-order valence-corrected chi connectivity index (χ4v) is 1.30. The van der Waals surface area contributed by atoms with Crippen molar-refractivity contribution < 1.29 is 4.74 Å². The van der Waals surface area contributed by atoms with Gasteiger partial charge in [-0.1, -0.05) is 13.8 Å². The Bertz CT molecular complexity index is 87.3. The molecule has 2 heteroatoms. The Morgan fingerprint density at radius 1 is 1.60 bits per heavy atom. The Labute approximate surface area is 63.0 Å².